The van der Waals surface area contributed by atoms with Gasteiger partial charge in [0.05, 0.1) is 0 Å². The first-order chi connectivity index (χ1) is 10.2. The molecule has 0 radical (unpaired) electrons. The molecular formula is C21H18. The van der Waals surface area contributed by atoms with Gasteiger partial charge in [0.15, 0.2) is 0 Å². The fourth-order valence-corrected chi connectivity index (χ4v) is 2.67. The molecule has 0 aliphatic carbocycles. The van der Waals surface area contributed by atoms with Gasteiger partial charge in [-0.15, -0.1) is 0 Å². The van der Waals surface area contributed by atoms with Crippen molar-refractivity contribution in [2.45, 2.75) is 20.8 Å². The van der Waals surface area contributed by atoms with Gasteiger partial charge < -0.3 is 0 Å². The lowest BCUT2D eigenvalue weighted by molar-refractivity contribution is 1.40. The van der Waals surface area contributed by atoms with E-state index in [1.54, 1.807) is 0 Å². The molecule has 0 aromatic heterocycles. The molecule has 0 saturated heterocycles. The Labute approximate surface area is 127 Å². The van der Waals surface area contributed by atoms with Crippen molar-refractivity contribution in [1.29, 1.82) is 0 Å². The van der Waals surface area contributed by atoms with Crippen LogP contribution in [0.1, 0.15) is 16.7 Å². The summed E-state index contributed by atoms with van der Waals surface area (Å²) < 4.78 is 0. The smallest absolute Gasteiger partial charge is 0.0359 e. The Hall–Kier alpha value is -2.52. The number of benzene rings is 2. The van der Waals surface area contributed by atoms with E-state index in [9.17, 15) is 0 Å². The SMILES string of the molecule is Cc1ccc(-c2cc#cc(-c3ccccc3C)c2C)cc1. The molecule has 3 aromatic carbocycles. The van der Waals surface area contributed by atoms with Crippen LogP contribution in [-0.2, 0) is 0 Å². The Kier molecular flexibility index (Phi) is 3.50. The molecule has 0 heteroatoms. The van der Waals surface area contributed by atoms with Crippen LogP contribution >= 0.6 is 0 Å². The fourth-order valence-electron chi connectivity index (χ4n) is 2.67. The van der Waals surface area contributed by atoms with Gasteiger partial charge in [0.25, 0.3) is 0 Å². The molecule has 0 atom stereocenters. The molecular weight excluding hydrogens is 252 g/mol. The van der Waals surface area contributed by atoms with E-state index in [0.29, 0.717) is 0 Å². The number of hydrogen-bond acceptors (Lipinski definition) is 0. The largest absolute Gasteiger partial charge is 0.0689 e. The minimum absolute atomic E-state index is 1.14. The van der Waals surface area contributed by atoms with Crippen molar-refractivity contribution in [3.05, 3.63) is 83.4 Å². The molecule has 0 aliphatic rings. The van der Waals surface area contributed by atoms with Crippen LogP contribution < -0.4 is 0 Å². The molecule has 0 amide bonds. The van der Waals surface area contributed by atoms with Crippen LogP contribution in [0.5, 0.6) is 0 Å². The Morgan fingerprint density at radius 2 is 1.48 bits per heavy atom. The van der Waals surface area contributed by atoms with E-state index in [1.165, 1.54) is 33.4 Å². The van der Waals surface area contributed by atoms with E-state index in [1.807, 2.05) is 6.07 Å². The van der Waals surface area contributed by atoms with Crippen molar-refractivity contribution in [3.63, 3.8) is 0 Å². The monoisotopic (exact) mass is 270 g/mol. The molecule has 0 saturated carbocycles. The zero-order chi connectivity index (χ0) is 14.8. The van der Waals surface area contributed by atoms with Crippen molar-refractivity contribution in [2.75, 3.05) is 0 Å². The lowest BCUT2D eigenvalue weighted by atomic mass is 9.92. The summed E-state index contributed by atoms with van der Waals surface area (Å²) in [6.45, 7) is 6.42. The quantitative estimate of drug-likeness (QED) is 0.573. The summed E-state index contributed by atoms with van der Waals surface area (Å²) in [4.78, 5) is 0. The summed E-state index contributed by atoms with van der Waals surface area (Å²) in [5, 5.41) is 0. The minimum Gasteiger partial charge on any atom is -0.0689 e. The molecule has 0 unspecified atom stereocenters. The molecule has 3 rings (SSSR count). The van der Waals surface area contributed by atoms with Crippen LogP contribution in [0.2, 0.25) is 0 Å². The van der Waals surface area contributed by atoms with Crippen molar-refractivity contribution < 1.29 is 0 Å². The summed E-state index contributed by atoms with van der Waals surface area (Å²) in [6.07, 6.45) is 0. The van der Waals surface area contributed by atoms with Crippen molar-refractivity contribution in [1.82, 2.24) is 0 Å². The summed E-state index contributed by atoms with van der Waals surface area (Å²) in [5.41, 5.74) is 8.65. The van der Waals surface area contributed by atoms with E-state index in [0.717, 1.165) is 5.56 Å². The summed E-state index contributed by atoms with van der Waals surface area (Å²) in [5.74, 6) is 0. The van der Waals surface area contributed by atoms with E-state index < -0.39 is 0 Å². The molecule has 0 bridgehead atoms. The third kappa shape index (κ3) is 2.56. The molecule has 21 heavy (non-hydrogen) atoms. The predicted molar refractivity (Wildman–Crippen MR) is 89.2 cm³/mol. The van der Waals surface area contributed by atoms with Crippen molar-refractivity contribution >= 4 is 0 Å². The summed E-state index contributed by atoms with van der Waals surface area (Å²) >= 11 is 0. The maximum atomic E-state index is 3.29. The average molecular weight is 270 g/mol. The van der Waals surface area contributed by atoms with Gasteiger partial charge in [0.1, 0.15) is 0 Å². The van der Waals surface area contributed by atoms with Gasteiger partial charge in [0.2, 0.25) is 0 Å². The second-order valence-electron chi connectivity index (χ2n) is 5.51. The van der Waals surface area contributed by atoms with E-state index in [2.05, 4.69) is 81.4 Å². The van der Waals surface area contributed by atoms with Gasteiger partial charge in [-0.2, -0.15) is 0 Å². The lowest BCUT2D eigenvalue weighted by Crippen LogP contribution is -1.89. The first-order valence-corrected chi connectivity index (χ1v) is 7.23. The van der Waals surface area contributed by atoms with Gasteiger partial charge >= 0.3 is 0 Å². The number of aryl methyl sites for hydroxylation is 2. The van der Waals surface area contributed by atoms with E-state index in [4.69, 9.17) is 0 Å². The number of rotatable bonds is 2. The first kappa shape index (κ1) is 13.5. The molecule has 0 heterocycles. The average Bonchev–Trinajstić information content (AvgIpc) is 2.50. The van der Waals surface area contributed by atoms with Crippen LogP contribution in [0.15, 0.2) is 54.6 Å². The molecule has 102 valence electrons. The van der Waals surface area contributed by atoms with Gasteiger partial charge in [-0.05, 0) is 54.7 Å². The van der Waals surface area contributed by atoms with Gasteiger partial charge in [0, 0.05) is 5.56 Å². The lowest BCUT2D eigenvalue weighted by Gasteiger charge is -2.11. The highest BCUT2D eigenvalue weighted by Crippen LogP contribution is 2.31. The number of hydrogen-bond donors (Lipinski definition) is 0. The second-order valence-corrected chi connectivity index (χ2v) is 5.51. The topological polar surface area (TPSA) is 0 Å². The molecule has 0 aliphatic heterocycles. The van der Waals surface area contributed by atoms with Crippen LogP contribution in [0.3, 0.4) is 0 Å². The molecule has 0 nitrogen and oxygen atoms in total. The maximum Gasteiger partial charge on any atom is 0.0359 e. The zero-order valence-electron chi connectivity index (χ0n) is 12.7. The van der Waals surface area contributed by atoms with Gasteiger partial charge in [-0.25, -0.2) is 0 Å². The molecule has 3 aromatic rings. The summed E-state index contributed by atoms with van der Waals surface area (Å²) in [6, 6.07) is 25.6. The third-order valence-corrected chi connectivity index (χ3v) is 3.97. The first-order valence-electron chi connectivity index (χ1n) is 7.23. The molecule has 0 fully saturated rings. The van der Waals surface area contributed by atoms with E-state index >= 15 is 0 Å². The molecule has 0 spiro atoms. The molecule has 0 N–H and O–H groups in total. The van der Waals surface area contributed by atoms with Crippen LogP contribution in [-0.4, -0.2) is 0 Å². The zero-order valence-corrected chi connectivity index (χ0v) is 12.7. The summed E-state index contributed by atoms with van der Waals surface area (Å²) in [7, 11) is 0. The third-order valence-electron chi connectivity index (χ3n) is 3.97. The van der Waals surface area contributed by atoms with Crippen molar-refractivity contribution in [2.24, 2.45) is 0 Å². The minimum atomic E-state index is 1.14. The highest BCUT2D eigenvalue weighted by molar-refractivity contribution is 5.78. The van der Waals surface area contributed by atoms with Crippen molar-refractivity contribution in [3.8, 4) is 22.3 Å². The second kappa shape index (κ2) is 5.46. The Balaban J connectivity index is 2.16. The Bertz CT molecular complexity index is 764. The standard InChI is InChI=1S/C21H18/c1-15-11-13-18(14-12-15)20-9-6-10-21(17(20)3)19-8-5-4-7-16(19)2/h4-5,7-9,11-14H,1-3H3. The van der Waals surface area contributed by atoms with Crippen LogP contribution in [0.25, 0.3) is 22.3 Å². The Morgan fingerprint density at radius 3 is 2.19 bits per heavy atom. The predicted octanol–water partition coefficient (Wildman–Crippen LogP) is 5.55. The van der Waals surface area contributed by atoms with E-state index in [-0.39, 0.29) is 0 Å². The van der Waals surface area contributed by atoms with Crippen LogP contribution in [0, 0.1) is 32.9 Å². The Morgan fingerprint density at radius 1 is 0.762 bits per heavy atom. The van der Waals surface area contributed by atoms with Gasteiger partial charge in [-0.1, -0.05) is 66.2 Å². The van der Waals surface area contributed by atoms with Crippen LogP contribution in [0.4, 0.5) is 0 Å². The maximum absolute atomic E-state index is 3.29. The fraction of sp³-hybridized carbons (Fsp3) is 0.143. The highest BCUT2D eigenvalue weighted by atomic mass is 14.1. The highest BCUT2D eigenvalue weighted by Gasteiger charge is 2.09. The normalized spacial score (nSPS) is 10.2. The van der Waals surface area contributed by atoms with Gasteiger partial charge in [-0.3, -0.25) is 0 Å².